The average Bonchev–Trinajstić information content (AvgIpc) is 2.92. The van der Waals surface area contributed by atoms with E-state index in [2.05, 4.69) is 10.4 Å². The van der Waals surface area contributed by atoms with Gasteiger partial charge in [0, 0.05) is 37.3 Å². The molecule has 1 N–H and O–H groups in total. The minimum atomic E-state index is -0.256. The van der Waals surface area contributed by atoms with Crippen LogP contribution in [-0.2, 0) is 17.8 Å². The van der Waals surface area contributed by atoms with Crippen molar-refractivity contribution in [3.63, 3.8) is 0 Å². The zero-order valence-corrected chi connectivity index (χ0v) is 15.0. The normalized spacial score (nSPS) is 14.4. The minimum absolute atomic E-state index is 0.0796. The maximum absolute atomic E-state index is 12.0. The van der Waals surface area contributed by atoms with Crippen LogP contribution in [0.1, 0.15) is 25.8 Å². The van der Waals surface area contributed by atoms with Crippen LogP contribution in [-0.4, -0.2) is 34.4 Å². The first-order valence-electron chi connectivity index (χ1n) is 8.67. The van der Waals surface area contributed by atoms with Gasteiger partial charge >= 0.3 is 0 Å². The molecule has 0 atom stereocenters. The largest absolute Gasteiger partial charge is 0.483 e. The van der Waals surface area contributed by atoms with Crippen molar-refractivity contribution < 1.29 is 14.3 Å². The second-order valence-electron chi connectivity index (χ2n) is 6.86. The Balaban J connectivity index is 1.44. The zero-order chi connectivity index (χ0) is 18.6. The molecule has 7 heteroatoms. The Kier molecular flexibility index (Phi) is 5.25. The molecule has 138 valence electrons. The second-order valence-corrected chi connectivity index (χ2v) is 6.86. The van der Waals surface area contributed by atoms with Crippen LogP contribution >= 0.6 is 0 Å². The second kappa shape index (κ2) is 7.59. The predicted molar refractivity (Wildman–Crippen MR) is 96.5 cm³/mol. The molecule has 26 heavy (non-hydrogen) atoms. The Morgan fingerprint density at radius 1 is 1.35 bits per heavy atom. The van der Waals surface area contributed by atoms with E-state index in [1.807, 2.05) is 26.0 Å². The van der Waals surface area contributed by atoms with E-state index < -0.39 is 0 Å². The number of hydrogen-bond acceptors (Lipinski definition) is 5. The smallest absolute Gasteiger partial charge is 0.266 e. The van der Waals surface area contributed by atoms with Crippen LogP contribution in [0.4, 0.5) is 0 Å². The van der Waals surface area contributed by atoms with Gasteiger partial charge in [-0.1, -0.05) is 12.1 Å². The van der Waals surface area contributed by atoms with Crippen molar-refractivity contribution in [2.75, 3.05) is 13.2 Å². The summed E-state index contributed by atoms with van der Waals surface area (Å²) in [7, 11) is 0. The number of fused-ring (bicyclic) bond motifs is 1. The Bertz CT molecular complexity index is 845. The van der Waals surface area contributed by atoms with Crippen molar-refractivity contribution in [2.24, 2.45) is 0 Å². The molecule has 7 nitrogen and oxygen atoms in total. The molecule has 1 aromatic heterocycles. The summed E-state index contributed by atoms with van der Waals surface area (Å²) in [6, 6.07) is 8.78. The van der Waals surface area contributed by atoms with Crippen LogP contribution in [0.5, 0.6) is 11.5 Å². The van der Waals surface area contributed by atoms with Gasteiger partial charge in [0.2, 0.25) is 0 Å². The van der Waals surface area contributed by atoms with Crippen molar-refractivity contribution in [2.45, 2.75) is 38.8 Å². The number of carbonyl (C=O) groups is 1. The minimum Gasteiger partial charge on any atom is -0.483 e. The number of nitrogens with zero attached hydrogens (tertiary/aromatic N) is 2. The summed E-state index contributed by atoms with van der Waals surface area (Å²) in [6.45, 7) is 4.87. The quantitative estimate of drug-likeness (QED) is 0.760. The highest BCUT2D eigenvalue weighted by atomic mass is 16.5. The van der Waals surface area contributed by atoms with E-state index in [-0.39, 0.29) is 23.7 Å². The number of amides is 1. The lowest BCUT2D eigenvalue weighted by atomic mass is 10.0. The fourth-order valence-electron chi connectivity index (χ4n) is 2.91. The number of aromatic nitrogens is 2. The van der Waals surface area contributed by atoms with Crippen LogP contribution in [0.25, 0.3) is 0 Å². The summed E-state index contributed by atoms with van der Waals surface area (Å²) >= 11 is 0. The summed E-state index contributed by atoms with van der Waals surface area (Å²) in [5, 5.41) is 6.75. The Morgan fingerprint density at radius 2 is 2.19 bits per heavy atom. The van der Waals surface area contributed by atoms with Gasteiger partial charge in [-0.05, 0) is 32.4 Å². The highest BCUT2D eigenvalue weighted by molar-refractivity contribution is 5.77. The molecule has 2 heterocycles. The van der Waals surface area contributed by atoms with E-state index in [9.17, 15) is 9.59 Å². The Hall–Kier alpha value is -2.83. The number of aryl methyl sites for hydroxylation is 1. The molecule has 0 saturated heterocycles. The number of rotatable bonds is 7. The Morgan fingerprint density at radius 3 is 3.00 bits per heavy atom. The van der Waals surface area contributed by atoms with Crippen LogP contribution in [0, 0.1) is 0 Å². The first-order valence-corrected chi connectivity index (χ1v) is 8.67. The van der Waals surface area contributed by atoms with Gasteiger partial charge in [0.1, 0.15) is 5.60 Å². The lowest BCUT2D eigenvalue weighted by Crippen LogP contribution is -2.31. The van der Waals surface area contributed by atoms with Gasteiger partial charge < -0.3 is 14.8 Å². The lowest BCUT2D eigenvalue weighted by Gasteiger charge is -2.18. The monoisotopic (exact) mass is 357 g/mol. The van der Waals surface area contributed by atoms with E-state index in [1.54, 1.807) is 18.3 Å². The van der Waals surface area contributed by atoms with Gasteiger partial charge in [0.05, 0.1) is 0 Å². The van der Waals surface area contributed by atoms with E-state index in [4.69, 9.17) is 9.47 Å². The molecule has 0 unspecified atom stereocenters. The van der Waals surface area contributed by atoms with E-state index in [0.717, 1.165) is 17.7 Å². The molecule has 0 spiro atoms. The molecule has 1 aliphatic rings. The predicted octanol–water partition coefficient (Wildman–Crippen LogP) is 1.54. The van der Waals surface area contributed by atoms with Gasteiger partial charge in [0.25, 0.3) is 11.5 Å². The van der Waals surface area contributed by atoms with Crippen molar-refractivity contribution in [1.29, 1.82) is 0 Å². The Labute approximate surface area is 151 Å². The number of benzene rings is 1. The van der Waals surface area contributed by atoms with Crippen molar-refractivity contribution in [3.05, 3.63) is 52.4 Å². The van der Waals surface area contributed by atoms with Gasteiger partial charge in [-0.2, -0.15) is 5.10 Å². The lowest BCUT2D eigenvalue weighted by molar-refractivity contribution is -0.123. The third kappa shape index (κ3) is 4.41. The summed E-state index contributed by atoms with van der Waals surface area (Å²) in [6.07, 6.45) is 2.99. The number of ether oxygens (including phenoxy) is 2. The van der Waals surface area contributed by atoms with Gasteiger partial charge in [-0.3, -0.25) is 9.59 Å². The van der Waals surface area contributed by atoms with Crippen LogP contribution in [0.3, 0.4) is 0 Å². The highest BCUT2D eigenvalue weighted by Gasteiger charge is 2.32. The maximum atomic E-state index is 12.0. The molecule has 2 aromatic rings. The first kappa shape index (κ1) is 18.0. The topological polar surface area (TPSA) is 82.5 Å². The average molecular weight is 357 g/mol. The van der Waals surface area contributed by atoms with Crippen LogP contribution < -0.4 is 20.3 Å². The zero-order valence-electron chi connectivity index (χ0n) is 15.0. The molecule has 3 rings (SSSR count). The molecule has 1 aromatic carbocycles. The van der Waals surface area contributed by atoms with Crippen LogP contribution in [0.15, 0.2) is 41.3 Å². The molecular weight excluding hydrogens is 334 g/mol. The summed E-state index contributed by atoms with van der Waals surface area (Å²) in [5.74, 6) is 1.09. The molecule has 0 fully saturated rings. The molecular formula is C19H23N3O4. The van der Waals surface area contributed by atoms with E-state index in [1.165, 1.54) is 10.7 Å². The van der Waals surface area contributed by atoms with E-state index in [0.29, 0.717) is 25.3 Å². The molecule has 0 saturated carbocycles. The van der Waals surface area contributed by atoms with Gasteiger partial charge in [0.15, 0.2) is 18.1 Å². The maximum Gasteiger partial charge on any atom is 0.266 e. The molecule has 0 bridgehead atoms. The molecule has 0 aliphatic carbocycles. The SMILES string of the molecule is CC1(C)Cc2cccc(OCC(=O)NCCCn3ncccc3=O)c2O1. The fraction of sp³-hybridized carbons (Fsp3) is 0.421. The summed E-state index contributed by atoms with van der Waals surface area (Å²) in [4.78, 5) is 23.5. The van der Waals surface area contributed by atoms with Crippen molar-refractivity contribution in [3.8, 4) is 11.5 Å². The van der Waals surface area contributed by atoms with Crippen molar-refractivity contribution >= 4 is 5.91 Å². The first-order chi connectivity index (χ1) is 12.4. The van der Waals surface area contributed by atoms with Gasteiger partial charge in [-0.15, -0.1) is 0 Å². The van der Waals surface area contributed by atoms with Crippen molar-refractivity contribution in [1.82, 2.24) is 15.1 Å². The highest BCUT2D eigenvalue weighted by Crippen LogP contribution is 2.41. The number of carbonyl (C=O) groups excluding carboxylic acids is 1. The molecule has 0 radical (unpaired) electrons. The fourth-order valence-corrected chi connectivity index (χ4v) is 2.91. The van der Waals surface area contributed by atoms with E-state index >= 15 is 0 Å². The molecule has 1 aliphatic heterocycles. The standard InChI is InChI=1S/C19H23N3O4/c1-19(2)12-14-6-3-7-15(18(14)26-19)25-13-16(23)20-9-5-11-22-17(24)8-4-10-21-22/h3-4,6-8,10H,5,9,11-13H2,1-2H3,(H,20,23). The third-order valence-corrected chi connectivity index (χ3v) is 4.07. The number of hydrogen-bond donors (Lipinski definition) is 1. The van der Waals surface area contributed by atoms with Gasteiger partial charge in [-0.25, -0.2) is 4.68 Å². The third-order valence-electron chi connectivity index (χ3n) is 4.07. The summed E-state index contributed by atoms with van der Waals surface area (Å²) in [5.41, 5.74) is 0.685. The summed E-state index contributed by atoms with van der Waals surface area (Å²) < 4.78 is 12.9. The molecule has 1 amide bonds. The number of nitrogens with one attached hydrogen (secondary N) is 1. The number of para-hydroxylation sites is 1. The van der Waals surface area contributed by atoms with Crippen LogP contribution in [0.2, 0.25) is 0 Å².